The van der Waals surface area contributed by atoms with Crippen molar-refractivity contribution in [3.63, 3.8) is 0 Å². The molecule has 2 aromatic carbocycles. The molecule has 5 rings (SSSR count). The fourth-order valence-corrected chi connectivity index (χ4v) is 5.51. The molecule has 0 unspecified atom stereocenters. The second kappa shape index (κ2) is 10.00. The number of nitrogens with zero attached hydrogens (tertiary/aromatic N) is 1. The van der Waals surface area contributed by atoms with Gasteiger partial charge in [0.1, 0.15) is 4.88 Å². The van der Waals surface area contributed by atoms with Crippen molar-refractivity contribution < 1.29 is 14.4 Å². The fourth-order valence-electron chi connectivity index (χ4n) is 4.45. The Balaban J connectivity index is 1.42. The highest BCUT2D eigenvalue weighted by Gasteiger charge is 2.24. The van der Waals surface area contributed by atoms with Gasteiger partial charge in [0.2, 0.25) is 5.91 Å². The van der Waals surface area contributed by atoms with Crippen LogP contribution in [0.1, 0.15) is 27.0 Å². The normalized spacial score (nSPS) is 17.4. The van der Waals surface area contributed by atoms with E-state index >= 15 is 0 Å². The number of fused-ring (bicyclic) bond motifs is 3. The van der Waals surface area contributed by atoms with E-state index in [1.54, 1.807) is 12.1 Å². The number of rotatable bonds is 5. The van der Waals surface area contributed by atoms with Gasteiger partial charge < -0.3 is 31.5 Å². The zero-order valence-electron chi connectivity index (χ0n) is 19.9. The van der Waals surface area contributed by atoms with E-state index < -0.39 is 0 Å². The van der Waals surface area contributed by atoms with Crippen molar-refractivity contribution in [2.24, 2.45) is 0 Å². The Labute approximate surface area is 212 Å². The monoisotopic (exact) mass is 504 g/mol. The van der Waals surface area contributed by atoms with Crippen LogP contribution in [0.15, 0.2) is 49.1 Å². The van der Waals surface area contributed by atoms with E-state index in [1.165, 1.54) is 17.4 Å². The number of carbonyl (C=O) groups excluding carboxylic acids is 3. The summed E-state index contributed by atoms with van der Waals surface area (Å²) in [5, 5.41) is 16.3. The molecule has 9 nitrogen and oxygen atoms in total. The van der Waals surface area contributed by atoms with Gasteiger partial charge in [-0.25, -0.2) is 0 Å². The first-order valence-corrected chi connectivity index (χ1v) is 12.7. The van der Waals surface area contributed by atoms with Crippen molar-refractivity contribution in [3.05, 3.63) is 59.5 Å². The molecule has 0 saturated carbocycles. The molecule has 3 amide bonds. The van der Waals surface area contributed by atoms with Gasteiger partial charge >= 0.3 is 0 Å². The quantitative estimate of drug-likeness (QED) is 0.341. The Morgan fingerprint density at radius 1 is 1.14 bits per heavy atom. The van der Waals surface area contributed by atoms with Gasteiger partial charge in [-0.05, 0) is 49.4 Å². The molecular weight excluding hydrogens is 476 g/mol. The molecule has 0 bridgehead atoms. The number of hydrogen-bond acceptors (Lipinski definition) is 7. The molecule has 0 aliphatic carbocycles. The average Bonchev–Trinajstić information content (AvgIpc) is 3.19. The summed E-state index contributed by atoms with van der Waals surface area (Å²) in [6, 6.07) is 10.9. The molecule has 5 N–H and O–H groups in total. The largest absolute Gasteiger partial charge is 0.381 e. The summed E-state index contributed by atoms with van der Waals surface area (Å²) in [6.07, 6.45) is 1.22. The van der Waals surface area contributed by atoms with Crippen LogP contribution >= 0.6 is 11.3 Å². The first kappa shape index (κ1) is 23.8. The molecule has 0 spiro atoms. The molecule has 2 aliphatic rings. The highest BCUT2D eigenvalue weighted by Crippen LogP contribution is 2.37. The molecule has 1 fully saturated rings. The van der Waals surface area contributed by atoms with Crippen LogP contribution in [0, 0.1) is 0 Å². The summed E-state index contributed by atoms with van der Waals surface area (Å²) in [5.41, 5.74) is 3.31. The van der Waals surface area contributed by atoms with E-state index in [9.17, 15) is 14.4 Å². The van der Waals surface area contributed by atoms with Crippen molar-refractivity contribution in [1.29, 1.82) is 0 Å². The molecule has 36 heavy (non-hydrogen) atoms. The third-order valence-electron chi connectivity index (χ3n) is 6.27. The smallest absolute Gasteiger partial charge is 0.263 e. The zero-order chi connectivity index (χ0) is 25.2. The number of hydrogen-bond donors (Lipinski definition) is 5. The van der Waals surface area contributed by atoms with Crippen molar-refractivity contribution in [1.82, 2.24) is 10.6 Å². The average molecular weight is 505 g/mol. The van der Waals surface area contributed by atoms with Crippen LogP contribution < -0.4 is 31.5 Å². The van der Waals surface area contributed by atoms with E-state index in [0.29, 0.717) is 28.4 Å². The molecule has 0 radical (unpaired) electrons. The molecule has 1 atom stereocenters. The van der Waals surface area contributed by atoms with Gasteiger partial charge in [0, 0.05) is 60.1 Å². The number of nitrogens with one attached hydrogen (secondary N) is 5. The maximum absolute atomic E-state index is 13.2. The number of benzene rings is 2. The third kappa shape index (κ3) is 4.77. The van der Waals surface area contributed by atoms with Gasteiger partial charge in [-0.3, -0.25) is 14.4 Å². The van der Waals surface area contributed by atoms with Gasteiger partial charge in [-0.1, -0.05) is 6.58 Å². The summed E-state index contributed by atoms with van der Waals surface area (Å²) >= 11 is 1.41. The Morgan fingerprint density at radius 3 is 2.72 bits per heavy atom. The van der Waals surface area contributed by atoms with E-state index in [2.05, 4.69) is 38.1 Å². The summed E-state index contributed by atoms with van der Waals surface area (Å²) < 4.78 is 0.934. The predicted octanol–water partition coefficient (Wildman–Crippen LogP) is 3.23. The van der Waals surface area contributed by atoms with Gasteiger partial charge in [0.25, 0.3) is 11.8 Å². The number of thiophene rings is 1. The van der Waals surface area contributed by atoms with E-state index in [0.717, 1.165) is 47.6 Å². The van der Waals surface area contributed by atoms with E-state index in [-0.39, 0.29) is 23.8 Å². The highest BCUT2D eigenvalue weighted by molar-refractivity contribution is 7.21. The Morgan fingerprint density at radius 2 is 1.94 bits per heavy atom. The zero-order valence-corrected chi connectivity index (χ0v) is 20.8. The summed E-state index contributed by atoms with van der Waals surface area (Å²) in [6.45, 7) is 9.45. The lowest BCUT2D eigenvalue weighted by molar-refractivity contribution is -0.111. The maximum atomic E-state index is 13.2. The number of piperazine rings is 1. The second-order valence-electron chi connectivity index (χ2n) is 8.89. The van der Waals surface area contributed by atoms with Gasteiger partial charge in [0.05, 0.1) is 17.1 Å². The molecule has 10 heteroatoms. The summed E-state index contributed by atoms with van der Waals surface area (Å²) in [5.74, 6) is -0.697. The van der Waals surface area contributed by atoms with E-state index in [4.69, 9.17) is 0 Å². The Kier molecular flexibility index (Phi) is 6.62. The van der Waals surface area contributed by atoms with Crippen LogP contribution in [-0.2, 0) is 4.79 Å². The van der Waals surface area contributed by atoms with Gasteiger partial charge in [0.15, 0.2) is 0 Å². The van der Waals surface area contributed by atoms with Crippen LogP contribution in [0.25, 0.3) is 10.1 Å². The predicted molar refractivity (Wildman–Crippen MR) is 146 cm³/mol. The van der Waals surface area contributed by atoms with E-state index in [1.807, 2.05) is 31.2 Å². The number of anilines is 4. The summed E-state index contributed by atoms with van der Waals surface area (Å²) in [4.78, 5) is 40.6. The molecule has 186 valence electrons. The van der Waals surface area contributed by atoms with Crippen LogP contribution in [0.4, 0.5) is 22.7 Å². The standard InChI is InChI=1S/C26H28N6O3S/c1-3-22(33)31-19-13-17(5-6-20(19)32-10-8-27-9-11-32)30-25(34)16-4-7-21-18(12-16)23-24(36-21)26(35)29-15(2)14-28-23/h3-7,12-13,15,27-28H,1,8-11,14H2,2H3,(H,29,35)(H,30,34)(H,31,33)/t15-/m1/s1. The maximum Gasteiger partial charge on any atom is 0.263 e. The molecule has 1 aromatic heterocycles. The van der Waals surface area contributed by atoms with Crippen molar-refractivity contribution >= 4 is 61.9 Å². The minimum absolute atomic E-state index is 0.0126. The number of amides is 3. The topological polar surface area (TPSA) is 115 Å². The lowest BCUT2D eigenvalue weighted by Gasteiger charge is -2.31. The lowest BCUT2D eigenvalue weighted by Crippen LogP contribution is -2.43. The Bertz CT molecular complexity index is 1360. The molecule has 1 saturated heterocycles. The Hall–Kier alpha value is -3.89. The summed E-state index contributed by atoms with van der Waals surface area (Å²) in [7, 11) is 0. The van der Waals surface area contributed by atoms with Gasteiger partial charge in [-0.15, -0.1) is 11.3 Å². The number of carbonyl (C=O) groups is 3. The van der Waals surface area contributed by atoms with Crippen LogP contribution in [0.5, 0.6) is 0 Å². The highest BCUT2D eigenvalue weighted by atomic mass is 32.1. The van der Waals surface area contributed by atoms with Crippen molar-refractivity contribution in [3.8, 4) is 0 Å². The minimum atomic E-state index is -0.315. The first-order valence-electron chi connectivity index (χ1n) is 11.9. The molecular formula is C26H28N6O3S. The van der Waals surface area contributed by atoms with Crippen molar-refractivity contribution in [2.45, 2.75) is 13.0 Å². The van der Waals surface area contributed by atoms with Crippen LogP contribution in [0.2, 0.25) is 0 Å². The van der Waals surface area contributed by atoms with Crippen LogP contribution in [0.3, 0.4) is 0 Å². The van der Waals surface area contributed by atoms with Crippen molar-refractivity contribution in [2.75, 3.05) is 53.6 Å². The second-order valence-corrected chi connectivity index (χ2v) is 9.94. The minimum Gasteiger partial charge on any atom is -0.381 e. The fraction of sp³-hybridized carbons (Fsp3) is 0.269. The molecule has 3 heterocycles. The molecule has 3 aromatic rings. The SMILES string of the molecule is C=CC(=O)Nc1cc(NC(=O)c2ccc3sc4c(c3c2)NC[C@@H](C)NC4=O)ccc1N1CCNCC1. The first-order chi connectivity index (χ1) is 17.4. The third-order valence-corrected chi connectivity index (χ3v) is 7.44. The lowest BCUT2D eigenvalue weighted by atomic mass is 10.1. The van der Waals surface area contributed by atoms with Crippen LogP contribution in [-0.4, -0.2) is 56.5 Å². The van der Waals surface area contributed by atoms with Gasteiger partial charge in [-0.2, -0.15) is 0 Å². The molecule has 2 aliphatic heterocycles.